The van der Waals surface area contributed by atoms with Gasteiger partial charge in [0.2, 0.25) is 0 Å². The Bertz CT molecular complexity index is 1610. The predicted octanol–water partition coefficient (Wildman–Crippen LogP) is 9.20. The van der Waals surface area contributed by atoms with Crippen LogP contribution in [0, 0.1) is 56.2 Å². The second-order valence-corrected chi connectivity index (χ2v) is 19.6. The fourth-order valence-corrected chi connectivity index (χ4v) is 13.0. The zero-order chi connectivity index (χ0) is 37.4. The highest BCUT2D eigenvalue weighted by Gasteiger charge is 2.70. The molecule has 6 rings (SSSR count). The molecule has 1 aromatic carbocycles. The summed E-state index contributed by atoms with van der Waals surface area (Å²) in [5.74, 6) is 0.297. The summed E-state index contributed by atoms with van der Waals surface area (Å²) in [5.41, 5.74) is 1.85. The normalized spacial score (nSPS) is 37.2. The summed E-state index contributed by atoms with van der Waals surface area (Å²) in [5, 5.41) is 12.8. The van der Waals surface area contributed by atoms with Crippen molar-refractivity contribution in [1.29, 1.82) is 0 Å². The van der Waals surface area contributed by atoms with Gasteiger partial charge in [0.25, 0.3) is 5.91 Å². The van der Waals surface area contributed by atoms with Crippen LogP contribution in [-0.4, -0.2) is 41.4 Å². The van der Waals surface area contributed by atoms with Crippen LogP contribution in [-0.2, 0) is 19.1 Å². The van der Waals surface area contributed by atoms with Gasteiger partial charge in [-0.3, -0.25) is 19.2 Å². The van der Waals surface area contributed by atoms with Crippen LogP contribution in [0.1, 0.15) is 143 Å². The maximum Gasteiger partial charge on any atom is 0.309 e. The van der Waals surface area contributed by atoms with Crippen molar-refractivity contribution < 1.29 is 29.0 Å². The molecule has 0 heterocycles. The quantitative estimate of drug-likeness (QED) is 0.249. The maximum absolute atomic E-state index is 14.0. The van der Waals surface area contributed by atoms with Crippen molar-refractivity contribution in [2.45, 2.75) is 139 Å². The third kappa shape index (κ3) is 5.91. The molecule has 5 aliphatic carbocycles. The SMILES string of the molecule is CC(C)C1=C2[C@H]3CCC4[C@@]5(C)CC[C@H](OC(=O)CC(C)(C)C(=O)O)C(C)(C)C5CC[C@@]4(C)[C@]3(C)CC[C@@]2(CCNC(=O)c2ccccc2)CC1=O. The third-order valence-electron chi connectivity index (χ3n) is 15.9. The molecule has 0 spiro atoms. The van der Waals surface area contributed by atoms with Crippen LogP contribution in [0.5, 0.6) is 0 Å². The fourth-order valence-electron chi connectivity index (χ4n) is 13.0. The van der Waals surface area contributed by atoms with Gasteiger partial charge in [-0.15, -0.1) is 0 Å². The molecule has 0 bridgehead atoms. The molecule has 1 aromatic rings. The summed E-state index contributed by atoms with van der Waals surface area (Å²) in [7, 11) is 0. The van der Waals surface area contributed by atoms with Crippen LogP contribution in [0.3, 0.4) is 0 Å². The molecule has 7 heteroatoms. The lowest BCUT2D eigenvalue weighted by atomic mass is 9.33. The minimum atomic E-state index is -1.16. The Morgan fingerprint density at radius 1 is 0.902 bits per heavy atom. The van der Waals surface area contributed by atoms with Crippen LogP contribution in [0.4, 0.5) is 0 Å². The van der Waals surface area contributed by atoms with Gasteiger partial charge in [0.1, 0.15) is 6.10 Å². The second kappa shape index (κ2) is 12.9. The van der Waals surface area contributed by atoms with Gasteiger partial charge >= 0.3 is 11.9 Å². The van der Waals surface area contributed by atoms with Crippen LogP contribution < -0.4 is 5.32 Å². The van der Waals surface area contributed by atoms with E-state index in [-0.39, 0.29) is 51.4 Å². The van der Waals surface area contributed by atoms with Crippen molar-refractivity contribution in [3.63, 3.8) is 0 Å². The number of carboxylic acid groups (broad SMARTS) is 1. The molecule has 0 aromatic heterocycles. The van der Waals surface area contributed by atoms with Crippen molar-refractivity contribution in [2.75, 3.05) is 6.54 Å². The van der Waals surface area contributed by atoms with E-state index in [1.165, 1.54) is 5.57 Å². The van der Waals surface area contributed by atoms with Gasteiger partial charge in [0, 0.05) is 29.4 Å². The maximum atomic E-state index is 14.0. The van der Waals surface area contributed by atoms with Gasteiger partial charge in [-0.25, -0.2) is 0 Å². The standard InChI is InChI=1S/C44H63NO6/c1-27(2)35-30(46)25-44(23-24-45-37(48)28-13-11-10-12-14-28)22-21-42(8)29(36(35)44)15-16-32-41(7)19-18-33(51-34(47)26-39(3,4)38(49)50)40(5,6)31(41)17-20-43(32,42)9/h10-14,27,29,31-33H,15-26H2,1-9H3,(H,45,48)(H,49,50)/t29-,31?,32?,33+,41+,42-,43-,44-/m1/s1. The van der Waals surface area contributed by atoms with E-state index in [4.69, 9.17) is 4.74 Å². The molecule has 2 N–H and O–H groups in total. The first kappa shape index (κ1) is 37.8. The largest absolute Gasteiger partial charge is 0.481 e. The number of ether oxygens (including phenoxy) is 1. The number of carboxylic acids is 1. The molecule has 0 radical (unpaired) electrons. The molecular formula is C44H63NO6. The van der Waals surface area contributed by atoms with Crippen molar-refractivity contribution in [3.05, 3.63) is 47.0 Å². The number of carbonyl (C=O) groups excluding carboxylic acids is 3. The number of ketones is 1. The summed E-state index contributed by atoms with van der Waals surface area (Å²) in [4.78, 5) is 51.8. The van der Waals surface area contributed by atoms with E-state index in [1.807, 2.05) is 30.3 Å². The Morgan fingerprint density at radius 2 is 1.59 bits per heavy atom. The topological polar surface area (TPSA) is 110 Å². The van der Waals surface area contributed by atoms with Gasteiger partial charge in [-0.1, -0.05) is 72.2 Å². The van der Waals surface area contributed by atoms with E-state index in [0.717, 1.165) is 63.4 Å². The number of esters is 1. The molecular weight excluding hydrogens is 638 g/mol. The number of amides is 1. The third-order valence-corrected chi connectivity index (χ3v) is 15.9. The molecule has 0 saturated heterocycles. The summed E-state index contributed by atoms with van der Waals surface area (Å²) < 4.78 is 6.16. The van der Waals surface area contributed by atoms with Crippen LogP contribution >= 0.6 is 0 Å². The average Bonchev–Trinajstić information content (AvgIpc) is 3.35. The van der Waals surface area contributed by atoms with Gasteiger partial charge in [0.05, 0.1) is 11.8 Å². The van der Waals surface area contributed by atoms with E-state index in [0.29, 0.717) is 42.1 Å². The summed E-state index contributed by atoms with van der Waals surface area (Å²) >= 11 is 0. The average molecular weight is 702 g/mol. The van der Waals surface area contributed by atoms with Crippen molar-refractivity contribution in [3.8, 4) is 0 Å². The number of Topliss-reactive ketones (excluding diaryl/α,β-unsaturated/α-hetero) is 1. The van der Waals surface area contributed by atoms with E-state index >= 15 is 0 Å². The highest BCUT2D eigenvalue weighted by Crippen LogP contribution is 2.77. The number of aliphatic carboxylic acids is 1. The number of hydrogen-bond donors (Lipinski definition) is 2. The molecule has 7 nitrogen and oxygen atoms in total. The molecule has 1 amide bonds. The molecule has 280 valence electrons. The number of nitrogens with one attached hydrogen (secondary N) is 1. The Morgan fingerprint density at radius 3 is 2.24 bits per heavy atom. The summed E-state index contributed by atoms with van der Waals surface area (Å²) in [6, 6.07) is 9.39. The number of allylic oxidation sites excluding steroid dienone is 2. The minimum absolute atomic E-state index is 0.0522. The Balaban J connectivity index is 1.25. The first-order chi connectivity index (χ1) is 23.7. The zero-order valence-electron chi connectivity index (χ0n) is 32.7. The molecule has 2 unspecified atom stereocenters. The van der Waals surface area contributed by atoms with Crippen LogP contribution in [0.25, 0.3) is 0 Å². The monoisotopic (exact) mass is 701 g/mol. The van der Waals surface area contributed by atoms with E-state index in [2.05, 4.69) is 53.8 Å². The number of rotatable bonds is 9. The smallest absolute Gasteiger partial charge is 0.309 e. The Hall–Kier alpha value is -2.96. The lowest BCUT2D eigenvalue weighted by Crippen LogP contribution is -2.65. The van der Waals surface area contributed by atoms with Gasteiger partial charge < -0.3 is 15.2 Å². The van der Waals surface area contributed by atoms with Gasteiger partial charge in [0.15, 0.2) is 5.78 Å². The molecule has 5 aliphatic rings. The number of hydrogen-bond acceptors (Lipinski definition) is 5. The predicted molar refractivity (Wildman–Crippen MR) is 199 cm³/mol. The Kier molecular flexibility index (Phi) is 9.53. The fraction of sp³-hybridized carbons (Fsp3) is 0.727. The molecule has 0 aliphatic heterocycles. The van der Waals surface area contributed by atoms with E-state index in [9.17, 15) is 24.3 Å². The second-order valence-electron chi connectivity index (χ2n) is 19.6. The summed E-state index contributed by atoms with van der Waals surface area (Å²) in [6.07, 6.45) is 9.25. The number of carbonyl (C=O) groups is 4. The van der Waals surface area contributed by atoms with Crippen molar-refractivity contribution in [2.24, 2.45) is 56.2 Å². The lowest BCUT2D eigenvalue weighted by Gasteiger charge is -2.72. The van der Waals surface area contributed by atoms with Gasteiger partial charge in [-0.2, -0.15) is 0 Å². The lowest BCUT2D eigenvalue weighted by molar-refractivity contribution is -0.233. The van der Waals surface area contributed by atoms with Crippen LogP contribution in [0.2, 0.25) is 0 Å². The molecule has 4 saturated carbocycles. The number of fused-ring (bicyclic) bond motifs is 7. The van der Waals surface area contributed by atoms with Crippen molar-refractivity contribution in [1.82, 2.24) is 5.32 Å². The van der Waals surface area contributed by atoms with Gasteiger partial charge in [-0.05, 0) is 129 Å². The zero-order valence-corrected chi connectivity index (χ0v) is 32.7. The van der Waals surface area contributed by atoms with E-state index in [1.54, 1.807) is 13.8 Å². The van der Waals surface area contributed by atoms with Crippen molar-refractivity contribution >= 4 is 23.6 Å². The summed E-state index contributed by atoms with van der Waals surface area (Å²) in [6.45, 7) is 20.3. The first-order valence-electron chi connectivity index (χ1n) is 19.8. The Labute approximate surface area is 306 Å². The highest BCUT2D eigenvalue weighted by atomic mass is 16.5. The minimum Gasteiger partial charge on any atom is -0.481 e. The van der Waals surface area contributed by atoms with E-state index < -0.39 is 17.4 Å². The molecule has 8 atom stereocenters. The number of benzene rings is 1. The molecule has 4 fully saturated rings. The first-order valence-corrected chi connectivity index (χ1v) is 19.8. The highest BCUT2D eigenvalue weighted by molar-refractivity contribution is 6.00. The molecule has 51 heavy (non-hydrogen) atoms. The van der Waals surface area contributed by atoms with Crippen LogP contribution in [0.15, 0.2) is 41.5 Å².